The first-order chi connectivity index (χ1) is 8.79. The van der Waals surface area contributed by atoms with Crippen LogP contribution in [0.2, 0.25) is 0 Å². The highest BCUT2D eigenvalue weighted by molar-refractivity contribution is 6.20. The van der Waals surface area contributed by atoms with Crippen LogP contribution in [0.15, 0.2) is 54.7 Å². The number of aromatic nitrogens is 1. The second-order valence-electron chi connectivity index (χ2n) is 4.11. The fraction of sp³-hybridized carbons (Fsp3) is 0. The molecule has 0 amide bonds. The van der Waals surface area contributed by atoms with Gasteiger partial charge in [0.15, 0.2) is 6.29 Å². The van der Waals surface area contributed by atoms with Gasteiger partial charge in [-0.15, -0.1) is 0 Å². The Morgan fingerprint density at radius 1 is 1.00 bits per heavy atom. The largest absolute Gasteiger partial charge is 0.298 e. The van der Waals surface area contributed by atoms with Crippen molar-refractivity contribution in [1.82, 2.24) is 4.09 Å². The molecule has 0 aliphatic heterocycles. The molecule has 0 saturated heterocycles. The Morgan fingerprint density at radius 3 is 2.50 bits per heavy atom. The van der Waals surface area contributed by atoms with E-state index in [1.54, 1.807) is 6.20 Å². The van der Waals surface area contributed by atoms with Crippen molar-refractivity contribution in [2.75, 3.05) is 0 Å². The van der Waals surface area contributed by atoms with Crippen LogP contribution in [0.3, 0.4) is 0 Å². The number of nitrogens with zero attached hydrogens (tertiary/aromatic N) is 1. The summed E-state index contributed by atoms with van der Waals surface area (Å²) in [6, 6.07) is 16.0. The minimum atomic E-state index is 0.609. The maximum atomic E-state index is 11.0. The number of carbonyl (C=O) groups excluding carboxylic acids is 1. The van der Waals surface area contributed by atoms with Crippen molar-refractivity contribution in [2.24, 2.45) is 0 Å². The van der Waals surface area contributed by atoms with E-state index in [1.807, 2.05) is 48.5 Å². The summed E-state index contributed by atoms with van der Waals surface area (Å²) in [6.07, 6.45) is 2.46. The van der Waals surface area contributed by atoms with Gasteiger partial charge in [-0.2, -0.15) is 0 Å². The molecule has 3 rings (SSSR count). The summed E-state index contributed by atoms with van der Waals surface area (Å²) in [6.45, 7) is 0. The van der Waals surface area contributed by atoms with Crippen LogP contribution >= 0.6 is 11.8 Å². The van der Waals surface area contributed by atoms with Gasteiger partial charge in [0.1, 0.15) is 0 Å². The molecule has 0 saturated carbocycles. The number of rotatable bonds is 2. The molecular weight excluding hydrogens is 246 g/mol. The van der Waals surface area contributed by atoms with E-state index in [1.165, 1.54) is 4.09 Å². The first-order valence-corrected chi connectivity index (χ1v) is 5.95. The predicted molar refractivity (Wildman–Crippen MR) is 74.0 cm³/mol. The van der Waals surface area contributed by atoms with E-state index in [4.69, 9.17) is 11.8 Å². The third-order valence-corrected chi connectivity index (χ3v) is 3.30. The number of benzene rings is 2. The smallest absolute Gasteiger partial charge is 0.152 e. The molecule has 88 valence electrons. The minimum Gasteiger partial charge on any atom is -0.298 e. The van der Waals surface area contributed by atoms with Crippen molar-refractivity contribution in [2.45, 2.75) is 0 Å². The molecule has 0 unspecified atom stereocenters. The van der Waals surface area contributed by atoms with E-state index in [2.05, 4.69) is 0 Å². The molecule has 1 aromatic heterocycles. The molecular formula is C15H10ClNO. The summed E-state index contributed by atoms with van der Waals surface area (Å²) in [4.78, 5) is 11.0. The molecule has 0 bridgehead atoms. The van der Waals surface area contributed by atoms with Gasteiger partial charge in [-0.05, 0) is 23.3 Å². The van der Waals surface area contributed by atoms with E-state index in [-0.39, 0.29) is 0 Å². The van der Waals surface area contributed by atoms with Crippen LogP contribution in [0.4, 0.5) is 0 Å². The Balaban J connectivity index is 2.25. The summed E-state index contributed by atoms with van der Waals surface area (Å²) in [5.74, 6) is 0. The fourth-order valence-corrected chi connectivity index (χ4v) is 2.37. The molecule has 0 N–H and O–H groups in total. The third kappa shape index (κ3) is 1.71. The second-order valence-corrected chi connectivity index (χ2v) is 4.48. The van der Waals surface area contributed by atoms with Crippen molar-refractivity contribution in [3.63, 3.8) is 0 Å². The Labute approximate surface area is 110 Å². The standard InChI is InChI=1S/C15H10ClNO/c16-17-9-13(10-18)14-8-12(6-7-15(14)17)11-4-2-1-3-5-11/h1-10H. The average Bonchev–Trinajstić information content (AvgIpc) is 2.76. The molecule has 0 radical (unpaired) electrons. The number of hydrogen-bond acceptors (Lipinski definition) is 1. The summed E-state index contributed by atoms with van der Waals surface area (Å²) >= 11 is 6.01. The van der Waals surface area contributed by atoms with Crippen LogP contribution in [0.5, 0.6) is 0 Å². The van der Waals surface area contributed by atoms with Crippen LogP contribution in [-0.2, 0) is 0 Å². The number of halogens is 1. The zero-order valence-corrected chi connectivity index (χ0v) is 10.3. The van der Waals surface area contributed by atoms with Gasteiger partial charge in [0.2, 0.25) is 0 Å². The molecule has 0 fully saturated rings. The molecule has 0 spiro atoms. The Morgan fingerprint density at radius 2 is 1.78 bits per heavy atom. The van der Waals surface area contributed by atoms with Crippen molar-refractivity contribution in [3.8, 4) is 11.1 Å². The fourth-order valence-electron chi connectivity index (χ4n) is 2.12. The van der Waals surface area contributed by atoms with Crippen molar-refractivity contribution in [1.29, 1.82) is 0 Å². The van der Waals surface area contributed by atoms with Gasteiger partial charge in [0.05, 0.1) is 5.52 Å². The van der Waals surface area contributed by atoms with Crippen molar-refractivity contribution < 1.29 is 4.79 Å². The van der Waals surface area contributed by atoms with Crippen LogP contribution in [0, 0.1) is 0 Å². The third-order valence-electron chi connectivity index (χ3n) is 3.02. The number of fused-ring (bicyclic) bond motifs is 1. The van der Waals surface area contributed by atoms with Gasteiger partial charge < -0.3 is 0 Å². The van der Waals surface area contributed by atoms with E-state index >= 15 is 0 Å². The first kappa shape index (κ1) is 11.1. The summed E-state index contributed by atoms with van der Waals surface area (Å²) in [5, 5.41) is 0.876. The molecule has 3 heteroatoms. The van der Waals surface area contributed by atoms with Gasteiger partial charge in [-0.25, -0.2) is 0 Å². The SMILES string of the molecule is O=Cc1cn(Cl)c2ccc(-c3ccccc3)cc12. The molecule has 0 aliphatic rings. The highest BCUT2D eigenvalue weighted by atomic mass is 35.5. The number of aldehydes is 1. The second kappa shape index (κ2) is 4.31. The Kier molecular flexibility index (Phi) is 2.65. The number of carbonyl (C=O) groups is 1. The van der Waals surface area contributed by atoms with E-state index in [0.29, 0.717) is 5.56 Å². The highest BCUT2D eigenvalue weighted by Gasteiger charge is 2.08. The zero-order valence-electron chi connectivity index (χ0n) is 9.51. The topological polar surface area (TPSA) is 22.0 Å². The summed E-state index contributed by atoms with van der Waals surface area (Å²) in [7, 11) is 0. The average molecular weight is 256 g/mol. The van der Waals surface area contributed by atoms with E-state index < -0.39 is 0 Å². The molecule has 0 aliphatic carbocycles. The van der Waals surface area contributed by atoms with Crippen molar-refractivity contribution in [3.05, 3.63) is 60.3 Å². The molecule has 3 aromatic rings. The van der Waals surface area contributed by atoms with Gasteiger partial charge >= 0.3 is 0 Å². The maximum absolute atomic E-state index is 11.0. The summed E-state index contributed by atoms with van der Waals surface area (Å²) < 4.78 is 1.45. The van der Waals surface area contributed by atoms with Crippen LogP contribution < -0.4 is 0 Å². The highest BCUT2D eigenvalue weighted by Crippen LogP contribution is 2.27. The quantitative estimate of drug-likeness (QED) is 0.631. The van der Waals surface area contributed by atoms with Gasteiger partial charge in [0, 0.05) is 28.9 Å². The lowest BCUT2D eigenvalue weighted by Gasteiger charge is -2.02. The Bertz CT molecular complexity index is 716. The van der Waals surface area contributed by atoms with E-state index in [0.717, 1.165) is 28.3 Å². The zero-order chi connectivity index (χ0) is 12.5. The van der Waals surface area contributed by atoms with E-state index in [9.17, 15) is 4.79 Å². The van der Waals surface area contributed by atoms with Crippen LogP contribution in [0.25, 0.3) is 22.0 Å². The van der Waals surface area contributed by atoms with Gasteiger partial charge in [0.25, 0.3) is 0 Å². The Hall–Kier alpha value is -2.06. The molecule has 0 atom stereocenters. The molecule has 18 heavy (non-hydrogen) atoms. The van der Waals surface area contributed by atoms with Crippen molar-refractivity contribution >= 4 is 29.0 Å². The monoisotopic (exact) mass is 255 g/mol. The van der Waals surface area contributed by atoms with Gasteiger partial charge in [-0.1, -0.05) is 36.4 Å². The van der Waals surface area contributed by atoms with Gasteiger partial charge in [-0.3, -0.25) is 8.88 Å². The summed E-state index contributed by atoms with van der Waals surface area (Å²) in [5.41, 5.74) is 3.66. The molecule has 2 nitrogen and oxygen atoms in total. The lowest BCUT2D eigenvalue weighted by Crippen LogP contribution is -1.80. The predicted octanol–water partition coefficient (Wildman–Crippen LogP) is 4.12. The van der Waals surface area contributed by atoms with Crippen LogP contribution in [0.1, 0.15) is 10.4 Å². The lowest BCUT2D eigenvalue weighted by atomic mass is 10.0. The molecule has 1 heterocycles. The maximum Gasteiger partial charge on any atom is 0.152 e. The molecule has 2 aromatic carbocycles. The first-order valence-electron chi connectivity index (χ1n) is 5.61. The normalized spacial score (nSPS) is 10.7. The number of hydrogen-bond donors (Lipinski definition) is 0. The lowest BCUT2D eigenvalue weighted by molar-refractivity contribution is 0.112. The van der Waals surface area contributed by atoms with Crippen LogP contribution in [-0.4, -0.2) is 10.4 Å². The minimum absolute atomic E-state index is 0.609.